The van der Waals surface area contributed by atoms with Crippen molar-refractivity contribution in [3.8, 4) is 0 Å². The van der Waals surface area contributed by atoms with E-state index in [2.05, 4.69) is 39.8 Å². The molecule has 0 radical (unpaired) electrons. The lowest BCUT2D eigenvalue weighted by molar-refractivity contribution is 0.663. The highest BCUT2D eigenvalue weighted by Crippen LogP contribution is 2.12. The van der Waals surface area contributed by atoms with Crippen LogP contribution in [0, 0.1) is 0 Å². The Kier molecular flexibility index (Phi) is 11.6. The van der Waals surface area contributed by atoms with Crippen LogP contribution in [-0.4, -0.2) is 0 Å². The van der Waals surface area contributed by atoms with Gasteiger partial charge < -0.3 is 0 Å². The number of hydrogen-bond donors (Lipinski definition) is 0. The number of rotatable bonds is 10. The molecule has 0 aromatic carbocycles. The average molecular weight is 236 g/mol. The standard InChI is InChI=1S/C17H32/c1-5-7-9-10-13-17(4)15-11-14-16(3)12-8-6-2/h14-15H,5-13H2,1-4H3/b16-14+,17-15+. The van der Waals surface area contributed by atoms with Crippen molar-refractivity contribution in [2.75, 3.05) is 0 Å². The van der Waals surface area contributed by atoms with Gasteiger partial charge in [0.1, 0.15) is 0 Å². The van der Waals surface area contributed by atoms with Crippen molar-refractivity contribution < 1.29 is 0 Å². The summed E-state index contributed by atoms with van der Waals surface area (Å²) in [6, 6.07) is 0. The van der Waals surface area contributed by atoms with Gasteiger partial charge in [0.25, 0.3) is 0 Å². The Labute approximate surface area is 109 Å². The molecule has 17 heavy (non-hydrogen) atoms. The molecule has 0 aliphatic rings. The Balaban J connectivity index is 3.67. The lowest BCUT2D eigenvalue weighted by Gasteiger charge is -2.01. The summed E-state index contributed by atoms with van der Waals surface area (Å²) in [5, 5.41) is 0. The maximum Gasteiger partial charge on any atom is -0.0164 e. The zero-order chi connectivity index (χ0) is 12.9. The molecule has 0 heteroatoms. The summed E-state index contributed by atoms with van der Waals surface area (Å²) in [5.41, 5.74) is 3.13. The van der Waals surface area contributed by atoms with Gasteiger partial charge >= 0.3 is 0 Å². The molecule has 0 spiro atoms. The lowest BCUT2D eigenvalue weighted by Crippen LogP contribution is -1.81. The first-order chi connectivity index (χ1) is 8.20. The minimum atomic E-state index is 1.13. The molecular formula is C17H32. The molecule has 0 saturated heterocycles. The highest BCUT2D eigenvalue weighted by Gasteiger charge is 1.91. The molecule has 100 valence electrons. The summed E-state index contributed by atoms with van der Waals surface area (Å²) in [6.07, 6.45) is 16.6. The monoisotopic (exact) mass is 236 g/mol. The first kappa shape index (κ1) is 16.5. The van der Waals surface area contributed by atoms with Crippen LogP contribution in [0.4, 0.5) is 0 Å². The second-order valence-electron chi connectivity index (χ2n) is 5.25. The van der Waals surface area contributed by atoms with Gasteiger partial charge in [-0.1, -0.05) is 62.8 Å². The van der Waals surface area contributed by atoms with Crippen LogP contribution in [0.3, 0.4) is 0 Å². The van der Waals surface area contributed by atoms with Crippen LogP contribution in [0.5, 0.6) is 0 Å². The van der Waals surface area contributed by atoms with Crippen LogP contribution in [0.15, 0.2) is 23.3 Å². The maximum absolute atomic E-state index is 2.40. The maximum atomic E-state index is 2.40. The van der Waals surface area contributed by atoms with E-state index in [-0.39, 0.29) is 0 Å². The van der Waals surface area contributed by atoms with Gasteiger partial charge in [-0.15, -0.1) is 0 Å². The normalized spacial score (nSPS) is 13.2. The van der Waals surface area contributed by atoms with Crippen molar-refractivity contribution in [2.45, 2.75) is 85.5 Å². The molecule has 0 rings (SSSR count). The minimum Gasteiger partial charge on any atom is -0.0818 e. The van der Waals surface area contributed by atoms with E-state index in [0.29, 0.717) is 0 Å². The first-order valence-electron chi connectivity index (χ1n) is 7.52. The summed E-state index contributed by atoms with van der Waals surface area (Å²) in [4.78, 5) is 0. The topological polar surface area (TPSA) is 0 Å². The SMILES string of the molecule is CCCCCC/C(C)=C/C/C=C(\C)CCCC. The van der Waals surface area contributed by atoms with E-state index >= 15 is 0 Å². The van der Waals surface area contributed by atoms with Gasteiger partial charge in [0.05, 0.1) is 0 Å². The van der Waals surface area contributed by atoms with E-state index < -0.39 is 0 Å². The summed E-state index contributed by atoms with van der Waals surface area (Å²) < 4.78 is 0. The molecule has 0 N–H and O–H groups in total. The highest BCUT2D eigenvalue weighted by atomic mass is 14.0. The van der Waals surface area contributed by atoms with Gasteiger partial charge in [-0.25, -0.2) is 0 Å². The molecule has 0 bridgehead atoms. The molecule has 0 aliphatic carbocycles. The van der Waals surface area contributed by atoms with Crippen LogP contribution in [0.25, 0.3) is 0 Å². The Hall–Kier alpha value is -0.520. The Morgan fingerprint density at radius 1 is 0.706 bits per heavy atom. The number of unbranched alkanes of at least 4 members (excludes halogenated alkanes) is 4. The third kappa shape index (κ3) is 11.7. The van der Waals surface area contributed by atoms with E-state index in [4.69, 9.17) is 0 Å². The minimum absolute atomic E-state index is 1.13. The second-order valence-corrected chi connectivity index (χ2v) is 5.25. The second kappa shape index (κ2) is 12.0. The molecule has 0 amide bonds. The van der Waals surface area contributed by atoms with E-state index in [1.807, 2.05) is 0 Å². The van der Waals surface area contributed by atoms with E-state index in [1.165, 1.54) is 51.4 Å². The summed E-state index contributed by atoms with van der Waals surface area (Å²) >= 11 is 0. The Morgan fingerprint density at radius 2 is 1.24 bits per heavy atom. The molecule has 0 aromatic heterocycles. The van der Waals surface area contributed by atoms with Crippen LogP contribution in [0.1, 0.15) is 85.5 Å². The summed E-state index contributed by atoms with van der Waals surface area (Å²) in [6.45, 7) is 9.07. The third-order valence-electron chi connectivity index (χ3n) is 3.28. The summed E-state index contributed by atoms with van der Waals surface area (Å²) in [7, 11) is 0. The molecule has 0 fully saturated rings. The fraction of sp³-hybridized carbons (Fsp3) is 0.765. The number of hydrogen-bond acceptors (Lipinski definition) is 0. The van der Waals surface area contributed by atoms with Gasteiger partial charge in [0, 0.05) is 0 Å². The van der Waals surface area contributed by atoms with Gasteiger partial charge in [0.2, 0.25) is 0 Å². The van der Waals surface area contributed by atoms with Gasteiger partial charge in [-0.05, 0) is 46.0 Å². The van der Waals surface area contributed by atoms with Crippen molar-refractivity contribution in [1.29, 1.82) is 0 Å². The van der Waals surface area contributed by atoms with Crippen molar-refractivity contribution >= 4 is 0 Å². The van der Waals surface area contributed by atoms with Crippen molar-refractivity contribution in [3.05, 3.63) is 23.3 Å². The van der Waals surface area contributed by atoms with E-state index in [9.17, 15) is 0 Å². The predicted octanol–water partition coefficient (Wildman–Crippen LogP) is 6.43. The lowest BCUT2D eigenvalue weighted by atomic mass is 10.1. The molecule has 0 nitrogen and oxygen atoms in total. The molecule has 0 unspecified atom stereocenters. The van der Waals surface area contributed by atoms with Crippen LogP contribution >= 0.6 is 0 Å². The Bertz CT molecular complexity index is 220. The molecule has 0 heterocycles. The van der Waals surface area contributed by atoms with Crippen molar-refractivity contribution in [2.24, 2.45) is 0 Å². The fourth-order valence-corrected chi connectivity index (χ4v) is 1.95. The molecule has 0 saturated carbocycles. The molecular weight excluding hydrogens is 204 g/mol. The quantitative estimate of drug-likeness (QED) is 0.303. The van der Waals surface area contributed by atoms with Crippen LogP contribution < -0.4 is 0 Å². The van der Waals surface area contributed by atoms with Gasteiger partial charge in [-0.2, -0.15) is 0 Å². The first-order valence-corrected chi connectivity index (χ1v) is 7.52. The average Bonchev–Trinajstić information content (AvgIpc) is 2.32. The van der Waals surface area contributed by atoms with E-state index in [0.717, 1.165) is 6.42 Å². The van der Waals surface area contributed by atoms with Crippen molar-refractivity contribution in [1.82, 2.24) is 0 Å². The third-order valence-corrected chi connectivity index (χ3v) is 3.28. The highest BCUT2D eigenvalue weighted by molar-refractivity contribution is 5.06. The zero-order valence-corrected chi connectivity index (χ0v) is 12.5. The zero-order valence-electron chi connectivity index (χ0n) is 12.5. The smallest absolute Gasteiger partial charge is 0.0164 e. The van der Waals surface area contributed by atoms with Crippen LogP contribution in [-0.2, 0) is 0 Å². The van der Waals surface area contributed by atoms with Gasteiger partial charge in [-0.3, -0.25) is 0 Å². The van der Waals surface area contributed by atoms with Gasteiger partial charge in [0.15, 0.2) is 0 Å². The van der Waals surface area contributed by atoms with Crippen molar-refractivity contribution in [3.63, 3.8) is 0 Å². The van der Waals surface area contributed by atoms with Crippen LogP contribution in [0.2, 0.25) is 0 Å². The number of allylic oxidation sites excluding steroid dienone is 4. The Morgan fingerprint density at radius 3 is 1.76 bits per heavy atom. The molecule has 0 aromatic rings. The largest absolute Gasteiger partial charge is 0.0818 e. The molecule has 0 aliphatic heterocycles. The fourth-order valence-electron chi connectivity index (χ4n) is 1.95. The predicted molar refractivity (Wildman–Crippen MR) is 80.4 cm³/mol. The summed E-state index contributed by atoms with van der Waals surface area (Å²) in [5.74, 6) is 0. The molecule has 0 atom stereocenters. The van der Waals surface area contributed by atoms with E-state index in [1.54, 1.807) is 11.1 Å².